The fourth-order valence-corrected chi connectivity index (χ4v) is 2.34. The van der Waals surface area contributed by atoms with E-state index in [-0.39, 0.29) is 57.8 Å². The van der Waals surface area contributed by atoms with Crippen LogP contribution in [0.1, 0.15) is 90.4 Å². The normalized spacial score (nSPS) is 11.9. The van der Waals surface area contributed by atoms with Crippen LogP contribution in [-0.4, -0.2) is 17.2 Å². The Hall–Kier alpha value is 1.07. The molecule has 3 nitrogen and oxygen atoms in total. The van der Waals surface area contributed by atoms with E-state index in [0.717, 1.165) is 12.8 Å². The molecule has 0 rings (SSSR count). The van der Waals surface area contributed by atoms with E-state index in [1.807, 2.05) is 0 Å². The van der Waals surface area contributed by atoms with Crippen molar-refractivity contribution in [3.63, 3.8) is 0 Å². The van der Waals surface area contributed by atoms with Crippen LogP contribution in [0.15, 0.2) is 0 Å². The van der Waals surface area contributed by atoms with E-state index in [9.17, 15) is 15.0 Å². The second-order valence-corrected chi connectivity index (χ2v) is 5.55. The number of carboxylic acid groups (broad SMARTS) is 1. The number of carboxylic acids is 1. The smallest absolute Gasteiger partial charge is 0.550 e. The predicted molar refractivity (Wildman–Crippen MR) is 76.7 cm³/mol. The van der Waals surface area contributed by atoms with E-state index in [1.54, 1.807) is 0 Å². The summed E-state index contributed by atoms with van der Waals surface area (Å²) in [7, 11) is 0. The number of aliphatic carboxylic acids is 1. The van der Waals surface area contributed by atoms with Crippen LogP contribution in [0.4, 0.5) is 0 Å². The quantitative estimate of drug-likeness (QED) is 0.368. The van der Waals surface area contributed by atoms with Crippen molar-refractivity contribution in [2.45, 2.75) is 96.5 Å². The Labute approximate surface area is 167 Å². The van der Waals surface area contributed by atoms with Gasteiger partial charge in [-0.2, -0.15) is 0 Å². The average Bonchev–Trinajstić information content (AvgIpc) is 2.35. The van der Waals surface area contributed by atoms with E-state index in [1.165, 1.54) is 57.8 Å². The van der Waals surface area contributed by atoms with Gasteiger partial charge in [0.1, 0.15) is 0 Å². The summed E-state index contributed by atoms with van der Waals surface area (Å²) in [5.41, 5.74) is 0. The Morgan fingerprint density at radius 3 is 1.70 bits per heavy atom. The monoisotopic (exact) mass is 310 g/mol. The van der Waals surface area contributed by atoms with E-state index in [4.69, 9.17) is 0 Å². The number of unbranched alkanes of at least 4 members (excludes halogenated alkanes) is 10. The second-order valence-electron chi connectivity index (χ2n) is 5.55. The van der Waals surface area contributed by atoms with Crippen molar-refractivity contribution in [1.82, 2.24) is 0 Å². The molecule has 0 aromatic carbocycles. The molecule has 20 heavy (non-hydrogen) atoms. The molecule has 0 fully saturated rings. The van der Waals surface area contributed by atoms with Gasteiger partial charge in [0, 0.05) is 12.4 Å². The van der Waals surface area contributed by atoms with Crippen LogP contribution in [0, 0.1) is 0 Å². The maximum absolute atomic E-state index is 10.2. The van der Waals surface area contributed by atoms with Crippen molar-refractivity contribution in [2.75, 3.05) is 0 Å². The molecule has 0 aliphatic heterocycles. The largest absolute Gasteiger partial charge is 1.00 e. The predicted octanol–water partition coefficient (Wildman–Crippen LogP) is 0.192. The molecule has 114 valence electrons. The summed E-state index contributed by atoms with van der Waals surface area (Å²) >= 11 is 0. The summed E-state index contributed by atoms with van der Waals surface area (Å²) in [6, 6.07) is 0. The van der Waals surface area contributed by atoms with Gasteiger partial charge in [0.05, 0.1) is 6.10 Å². The Morgan fingerprint density at radius 1 is 0.900 bits per heavy atom. The van der Waals surface area contributed by atoms with E-state index < -0.39 is 12.1 Å². The molecule has 0 amide bonds. The number of hydrogen-bond acceptors (Lipinski definition) is 3. The van der Waals surface area contributed by atoms with Crippen molar-refractivity contribution in [3.05, 3.63) is 0 Å². The minimum absolute atomic E-state index is 0. The summed E-state index contributed by atoms with van der Waals surface area (Å²) in [4.78, 5) is 10.2. The molecule has 1 atom stereocenters. The number of rotatable bonds is 14. The van der Waals surface area contributed by atoms with Crippen molar-refractivity contribution in [2.24, 2.45) is 0 Å². The zero-order valence-electron chi connectivity index (χ0n) is 13.5. The fraction of sp³-hybridized carbons (Fsp3) is 0.938. The number of carbonyl (C=O) groups excluding carboxylic acids is 1. The van der Waals surface area contributed by atoms with Gasteiger partial charge in [0.15, 0.2) is 0 Å². The first-order chi connectivity index (χ1) is 9.16. The Bertz CT molecular complexity index is 210. The van der Waals surface area contributed by atoms with Crippen LogP contribution in [0.3, 0.4) is 0 Å². The maximum atomic E-state index is 10.2. The molecular weight excluding hydrogens is 279 g/mol. The maximum Gasteiger partial charge on any atom is 1.00 e. The third-order valence-corrected chi connectivity index (χ3v) is 3.54. The molecule has 0 aromatic rings. The number of aliphatic hydroxyl groups is 1. The van der Waals surface area contributed by atoms with Gasteiger partial charge >= 0.3 is 51.4 Å². The van der Waals surface area contributed by atoms with E-state index in [0.29, 0.717) is 6.42 Å². The van der Waals surface area contributed by atoms with Gasteiger partial charge in [-0.1, -0.05) is 77.6 Å². The first-order valence-corrected chi connectivity index (χ1v) is 8.04. The topological polar surface area (TPSA) is 60.4 Å². The number of carbonyl (C=O) groups is 1. The summed E-state index contributed by atoms with van der Waals surface area (Å²) in [6.45, 7) is 2.24. The Kier molecular flexibility index (Phi) is 21.1. The first kappa shape index (κ1) is 23.3. The van der Waals surface area contributed by atoms with Crippen molar-refractivity contribution in [1.29, 1.82) is 0 Å². The summed E-state index contributed by atoms with van der Waals surface area (Å²) in [5.74, 6) is -1.16. The zero-order chi connectivity index (χ0) is 14.3. The van der Waals surface area contributed by atoms with Crippen molar-refractivity contribution >= 4 is 5.97 Å². The van der Waals surface area contributed by atoms with Crippen LogP contribution in [-0.2, 0) is 4.79 Å². The Balaban J connectivity index is 0. The van der Waals surface area contributed by atoms with Crippen LogP contribution in [0.2, 0.25) is 0 Å². The van der Waals surface area contributed by atoms with Crippen LogP contribution < -0.4 is 56.5 Å². The molecule has 0 heterocycles. The molecular formula is C16H31KO3. The average molecular weight is 311 g/mol. The van der Waals surface area contributed by atoms with E-state index in [2.05, 4.69) is 6.92 Å². The van der Waals surface area contributed by atoms with Gasteiger partial charge in [-0.25, -0.2) is 0 Å². The first-order valence-electron chi connectivity index (χ1n) is 8.04. The Morgan fingerprint density at radius 2 is 1.30 bits per heavy atom. The molecule has 0 aliphatic rings. The van der Waals surface area contributed by atoms with Gasteiger partial charge in [0.25, 0.3) is 0 Å². The van der Waals surface area contributed by atoms with Crippen LogP contribution >= 0.6 is 0 Å². The molecule has 0 bridgehead atoms. The fourth-order valence-electron chi connectivity index (χ4n) is 2.34. The SMILES string of the molecule is CCCCCCCCCCCCCC(O)CC(=O)[O-].[K+]. The molecule has 0 aromatic heterocycles. The molecule has 1 N–H and O–H groups in total. The van der Waals surface area contributed by atoms with Crippen LogP contribution in [0.5, 0.6) is 0 Å². The summed E-state index contributed by atoms with van der Waals surface area (Å²) in [6.07, 6.45) is 13.6. The third-order valence-electron chi connectivity index (χ3n) is 3.54. The third kappa shape index (κ3) is 19.1. The van der Waals surface area contributed by atoms with Gasteiger partial charge < -0.3 is 15.0 Å². The van der Waals surface area contributed by atoms with Gasteiger partial charge in [-0.05, 0) is 6.42 Å². The molecule has 1 unspecified atom stereocenters. The molecule has 4 heteroatoms. The van der Waals surface area contributed by atoms with Gasteiger partial charge in [-0.3, -0.25) is 0 Å². The standard InChI is InChI=1S/C16H32O3.K/c1-2-3-4-5-6-7-8-9-10-11-12-13-15(17)14-16(18)19;/h15,17H,2-14H2,1H3,(H,18,19);/q;+1/p-1. The molecule has 0 aliphatic carbocycles. The summed E-state index contributed by atoms with van der Waals surface area (Å²) in [5, 5.41) is 19.6. The minimum Gasteiger partial charge on any atom is -0.550 e. The molecule has 0 saturated carbocycles. The molecule has 0 radical (unpaired) electrons. The number of aliphatic hydroxyl groups excluding tert-OH is 1. The van der Waals surface area contributed by atoms with Crippen molar-refractivity contribution < 1.29 is 66.4 Å². The van der Waals surface area contributed by atoms with Crippen LogP contribution in [0.25, 0.3) is 0 Å². The van der Waals surface area contributed by atoms with E-state index >= 15 is 0 Å². The van der Waals surface area contributed by atoms with Gasteiger partial charge in [0.2, 0.25) is 0 Å². The summed E-state index contributed by atoms with van der Waals surface area (Å²) < 4.78 is 0. The zero-order valence-corrected chi connectivity index (χ0v) is 16.7. The minimum atomic E-state index is -1.16. The second kappa shape index (κ2) is 18.1. The molecule has 0 spiro atoms. The molecule has 0 saturated heterocycles. The van der Waals surface area contributed by atoms with Crippen molar-refractivity contribution in [3.8, 4) is 0 Å². The van der Waals surface area contributed by atoms with Gasteiger partial charge in [-0.15, -0.1) is 0 Å². The number of hydrogen-bond donors (Lipinski definition) is 1.